The number of ether oxygens (including phenoxy) is 1. The summed E-state index contributed by atoms with van der Waals surface area (Å²) in [6.07, 6.45) is 1.51. The van der Waals surface area contributed by atoms with Gasteiger partial charge in [-0.25, -0.2) is 4.98 Å². The van der Waals surface area contributed by atoms with Gasteiger partial charge in [0.05, 0.1) is 13.2 Å². The van der Waals surface area contributed by atoms with Crippen molar-refractivity contribution in [2.45, 2.75) is 25.8 Å². The molecule has 148 valence electrons. The van der Waals surface area contributed by atoms with Crippen molar-refractivity contribution in [3.8, 4) is 0 Å². The molecule has 1 aromatic rings. The number of carbonyl (C=O) groups is 1. The van der Waals surface area contributed by atoms with Crippen LogP contribution in [0.15, 0.2) is 23.2 Å². The van der Waals surface area contributed by atoms with Crippen molar-refractivity contribution in [1.82, 2.24) is 20.1 Å². The number of nitrogens with one attached hydrogen (secondary N) is 2. The van der Waals surface area contributed by atoms with Gasteiger partial charge in [-0.1, -0.05) is 6.07 Å². The summed E-state index contributed by atoms with van der Waals surface area (Å²) < 4.78 is 5.45. The maximum atomic E-state index is 12.1. The van der Waals surface area contributed by atoms with Gasteiger partial charge in [0.2, 0.25) is 5.91 Å². The van der Waals surface area contributed by atoms with Crippen LogP contribution >= 0.6 is 0 Å². The zero-order valence-corrected chi connectivity index (χ0v) is 16.3. The number of guanidine groups is 1. The van der Waals surface area contributed by atoms with E-state index in [9.17, 15) is 4.79 Å². The normalized spacial score (nSPS) is 21.3. The van der Waals surface area contributed by atoms with E-state index in [1.54, 1.807) is 13.1 Å². The van der Waals surface area contributed by atoms with Gasteiger partial charge in [-0.05, 0) is 25.5 Å². The largest absolute Gasteiger partial charge is 0.379 e. The Labute approximate surface area is 161 Å². The molecule has 0 aromatic carbocycles. The van der Waals surface area contributed by atoms with Crippen LogP contribution in [0.3, 0.4) is 0 Å². The molecule has 8 heteroatoms. The van der Waals surface area contributed by atoms with Gasteiger partial charge in [-0.3, -0.25) is 14.7 Å². The molecule has 8 nitrogen and oxygen atoms in total. The topological polar surface area (TPSA) is 82.1 Å². The number of hydrogen-bond donors (Lipinski definition) is 2. The van der Waals surface area contributed by atoms with Gasteiger partial charge >= 0.3 is 0 Å². The van der Waals surface area contributed by atoms with Crippen LogP contribution in [-0.4, -0.2) is 85.7 Å². The maximum Gasteiger partial charge on any atom is 0.227 e. The molecule has 3 heterocycles. The molecule has 1 aromatic heterocycles. The molecule has 0 radical (unpaired) electrons. The third-order valence-electron chi connectivity index (χ3n) is 5.03. The van der Waals surface area contributed by atoms with Crippen molar-refractivity contribution < 1.29 is 9.53 Å². The fourth-order valence-corrected chi connectivity index (χ4v) is 3.61. The smallest absolute Gasteiger partial charge is 0.227 e. The molecule has 2 fully saturated rings. The van der Waals surface area contributed by atoms with Crippen LogP contribution in [0.1, 0.15) is 18.5 Å². The monoisotopic (exact) mass is 374 g/mol. The summed E-state index contributed by atoms with van der Waals surface area (Å²) in [6, 6.07) is 6.15. The standard InChI is InChI=1S/C19H30N6O2/c1-15-4-3-5-17(22-15)23-18(26)6-8-21-19(20-2)25-9-7-16(14-25)24-10-12-27-13-11-24/h3-5,16H,6-14H2,1-2H3,(H,20,21)(H,22,23,26). The number of rotatable bonds is 5. The van der Waals surface area contributed by atoms with Crippen molar-refractivity contribution in [2.75, 3.05) is 58.3 Å². The lowest BCUT2D eigenvalue weighted by atomic mass is 10.2. The third kappa shape index (κ3) is 5.64. The molecule has 0 spiro atoms. The van der Waals surface area contributed by atoms with Crippen molar-refractivity contribution in [3.63, 3.8) is 0 Å². The van der Waals surface area contributed by atoms with E-state index in [1.165, 1.54) is 0 Å². The molecule has 1 amide bonds. The molecular formula is C19H30N6O2. The van der Waals surface area contributed by atoms with E-state index in [1.807, 2.05) is 19.1 Å². The molecule has 0 bridgehead atoms. The Morgan fingerprint density at radius 1 is 1.33 bits per heavy atom. The summed E-state index contributed by atoms with van der Waals surface area (Å²) in [5.74, 6) is 1.41. The number of aryl methyl sites for hydroxylation is 1. The minimum Gasteiger partial charge on any atom is -0.379 e. The number of likely N-dealkylation sites (tertiary alicyclic amines) is 1. The van der Waals surface area contributed by atoms with Crippen molar-refractivity contribution >= 4 is 17.7 Å². The van der Waals surface area contributed by atoms with Crippen LogP contribution in [0.5, 0.6) is 0 Å². The third-order valence-corrected chi connectivity index (χ3v) is 5.03. The van der Waals surface area contributed by atoms with Crippen LogP contribution in [0.2, 0.25) is 0 Å². The Morgan fingerprint density at radius 2 is 2.15 bits per heavy atom. The number of aromatic nitrogens is 1. The average molecular weight is 374 g/mol. The first kappa shape index (κ1) is 19.6. The SMILES string of the molecule is CN=C(NCCC(=O)Nc1cccc(C)n1)N1CCC(N2CCOCC2)C1. The van der Waals surface area contributed by atoms with Gasteiger partial charge in [0.25, 0.3) is 0 Å². The van der Waals surface area contributed by atoms with E-state index in [4.69, 9.17) is 4.74 Å². The number of morpholine rings is 1. The lowest BCUT2D eigenvalue weighted by Gasteiger charge is -2.32. The fourth-order valence-electron chi connectivity index (χ4n) is 3.61. The zero-order valence-electron chi connectivity index (χ0n) is 16.3. The van der Waals surface area contributed by atoms with Gasteiger partial charge < -0.3 is 20.3 Å². The molecule has 2 aliphatic rings. The summed E-state index contributed by atoms with van der Waals surface area (Å²) in [6.45, 7) is 8.09. The van der Waals surface area contributed by atoms with E-state index in [2.05, 4.69) is 30.4 Å². The van der Waals surface area contributed by atoms with Crippen LogP contribution in [0, 0.1) is 6.92 Å². The number of hydrogen-bond acceptors (Lipinski definition) is 5. The summed E-state index contributed by atoms with van der Waals surface area (Å²) >= 11 is 0. The molecule has 2 aliphatic heterocycles. The maximum absolute atomic E-state index is 12.1. The van der Waals surface area contributed by atoms with Crippen molar-refractivity contribution in [1.29, 1.82) is 0 Å². The second-order valence-electron chi connectivity index (χ2n) is 6.97. The lowest BCUT2D eigenvalue weighted by molar-refractivity contribution is -0.116. The van der Waals surface area contributed by atoms with Crippen LogP contribution in [0.25, 0.3) is 0 Å². The van der Waals surface area contributed by atoms with E-state index >= 15 is 0 Å². The Bertz CT molecular complexity index is 659. The summed E-state index contributed by atoms with van der Waals surface area (Å²) in [7, 11) is 1.79. The first-order chi connectivity index (χ1) is 13.2. The quantitative estimate of drug-likeness (QED) is 0.583. The average Bonchev–Trinajstić information content (AvgIpc) is 3.16. The molecule has 2 saturated heterocycles. The Kier molecular flexibility index (Phi) is 7.00. The molecule has 2 N–H and O–H groups in total. The number of pyridine rings is 1. The number of amides is 1. The molecule has 27 heavy (non-hydrogen) atoms. The van der Waals surface area contributed by atoms with Crippen LogP contribution in [-0.2, 0) is 9.53 Å². The Morgan fingerprint density at radius 3 is 2.89 bits per heavy atom. The highest BCUT2D eigenvalue weighted by Crippen LogP contribution is 2.17. The number of anilines is 1. The van der Waals surface area contributed by atoms with E-state index in [0.717, 1.165) is 57.5 Å². The number of nitrogens with zero attached hydrogens (tertiary/aromatic N) is 4. The van der Waals surface area contributed by atoms with Gasteiger partial charge in [-0.2, -0.15) is 0 Å². The Balaban J connectivity index is 1.41. The first-order valence-electron chi connectivity index (χ1n) is 9.66. The fraction of sp³-hybridized carbons (Fsp3) is 0.632. The van der Waals surface area contributed by atoms with Gasteiger partial charge in [0.1, 0.15) is 5.82 Å². The van der Waals surface area contributed by atoms with Crippen LogP contribution < -0.4 is 10.6 Å². The highest BCUT2D eigenvalue weighted by Gasteiger charge is 2.30. The number of aliphatic imine (C=N–C) groups is 1. The minimum absolute atomic E-state index is 0.0522. The molecule has 0 saturated carbocycles. The summed E-state index contributed by atoms with van der Waals surface area (Å²) in [5, 5.41) is 6.15. The highest BCUT2D eigenvalue weighted by atomic mass is 16.5. The molecular weight excluding hydrogens is 344 g/mol. The van der Waals surface area contributed by atoms with E-state index in [-0.39, 0.29) is 5.91 Å². The molecule has 1 atom stereocenters. The Hall–Kier alpha value is -2.19. The second-order valence-corrected chi connectivity index (χ2v) is 6.97. The minimum atomic E-state index is -0.0522. The molecule has 1 unspecified atom stereocenters. The van der Waals surface area contributed by atoms with Crippen molar-refractivity contribution in [2.24, 2.45) is 4.99 Å². The summed E-state index contributed by atoms with van der Waals surface area (Å²) in [5.41, 5.74) is 0.884. The number of carbonyl (C=O) groups excluding carboxylic acids is 1. The van der Waals surface area contributed by atoms with E-state index < -0.39 is 0 Å². The molecule has 0 aliphatic carbocycles. The lowest BCUT2D eigenvalue weighted by Crippen LogP contribution is -2.47. The van der Waals surface area contributed by atoms with E-state index in [0.29, 0.717) is 24.8 Å². The second kappa shape index (κ2) is 9.66. The van der Waals surface area contributed by atoms with Gasteiger partial charge in [-0.15, -0.1) is 0 Å². The van der Waals surface area contributed by atoms with Crippen molar-refractivity contribution in [3.05, 3.63) is 23.9 Å². The molecule has 3 rings (SSSR count). The highest BCUT2D eigenvalue weighted by molar-refractivity contribution is 5.90. The first-order valence-corrected chi connectivity index (χ1v) is 9.66. The zero-order chi connectivity index (χ0) is 19.1. The van der Waals surface area contributed by atoms with Crippen LogP contribution in [0.4, 0.5) is 5.82 Å². The predicted molar refractivity (Wildman–Crippen MR) is 106 cm³/mol. The summed E-state index contributed by atoms with van der Waals surface area (Å²) in [4.78, 5) is 25.6. The van der Waals surface area contributed by atoms with Gasteiger partial charge in [0, 0.05) is 57.9 Å². The van der Waals surface area contributed by atoms with Gasteiger partial charge in [0.15, 0.2) is 5.96 Å². The predicted octanol–water partition coefficient (Wildman–Crippen LogP) is 0.701.